The van der Waals surface area contributed by atoms with Crippen molar-refractivity contribution < 1.29 is 4.74 Å². The topological polar surface area (TPSA) is 68.1 Å². The predicted molar refractivity (Wildman–Crippen MR) is 76.8 cm³/mol. The van der Waals surface area contributed by atoms with Crippen molar-refractivity contribution in [1.82, 2.24) is 25.1 Å². The Balaban J connectivity index is 1.57. The molecule has 0 radical (unpaired) electrons. The SMILES string of the molecule is COCCNCc1csc(N2CCn3cnnc3C2)n1. The molecule has 0 spiro atoms. The quantitative estimate of drug-likeness (QED) is 0.782. The van der Waals surface area contributed by atoms with Gasteiger partial charge >= 0.3 is 0 Å². The molecule has 2 aromatic rings. The van der Waals surface area contributed by atoms with Gasteiger partial charge in [0.25, 0.3) is 0 Å². The molecule has 3 heterocycles. The highest BCUT2D eigenvalue weighted by molar-refractivity contribution is 7.13. The van der Waals surface area contributed by atoms with Gasteiger partial charge in [-0.1, -0.05) is 0 Å². The summed E-state index contributed by atoms with van der Waals surface area (Å²) in [5, 5.41) is 14.5. The lowest BCUT2D eigenvalue weighted by molar-refractivity contribution is 0.199. The molecular formula is C12H18N6OS. The number of hydrogen-bond donors (Lipinski definition) is 1. The summed E-state index contributed by atoms with van der Waals surface area (Å²) >= 11 is 1.68. The highest BCUT2D eigenvalue weighted by atomic mass is 32.1. The zero-order valence-corrected chi connectivity index (χ0v) is 12.3. The predicted octanol–water partition coefficient (Wildman–Crippen LogP) is 0.491. The number of ether oxygens (including phenoxy) is 1. The summed E-state index contributed by atoms with van der Waals surface area (Å²) in [5.74, 6) is 1.01. The number of thiazole rings is 1. The first-order valence-corrected chi connectivity index (χ1v) is 7.50. The molecule has 0 aliphatic carbocycles. The van der Waals surface area contributed by atoms with Crippen LogP contribution < -0.4 is 10.2 Å². The van der Waals surface area contributed by atoms with Gasteiger partial charge in [-0.05, 0) is 0 Å². The second kappa shape index (κ2) is 6.29. The van der Waals surface area contributed by atoms with E-state index in [1.807, 2.05) is 0 Å². The van der Waals surface area contributed by atoms with Crippen LogP contribution in [0, 0.1) is 0 Å². The zero-order chi connectivity index (χ0) is 13.8. The monoisotopic (exact) mass is 294 g/mol. The lowest BCUT2D eigenvalue weighted by Crippen LogP contribution is -2.33. The first-order valence-electron chi connectivity index (χ1n) is 6.62. The van der Waals surface area contributed by atoms with Crippen LogP contribution in [0.1, 0.15) is 11.5 Å². The molecule has 1 N–H and O–H groups in total. The average molecular weight is 294 g/mol. The highest BCUT2D eigenvalue weighted by Crippen LogP contribution is 2.24. The molecular weight excluding hydrogens is 276 g/mol. The van der Waals surface area contributed by atoms with Gasteiger partial charge in [0.1, 0.15) is 6.33 Å². The summed E-state index contributed by atoms with van der Waals surface area (Å²) in [6.45, 7) is 5.00. The van der Waals surface area contributed by atoms with Crippen LogP contribution in [-0.4, -0.2) is 46.6 Å². The first kappa shape index (κ1) is 13.5. The fourth-order valence-electron chi connectivity index (χ4n) is 2.14. The summed E-state index contributed by atoms with van der Waals surface area (Å²) in [6, 6.07) is 0. The normalized spacial score (nSPS) is 14.6. The standard InChI is InChI=1S/C12H18N6OS/c1-19-5-2-13-6-10-8-20-12(15-10)17-3-4-18-9-14-16-11(18)7-17/h8-9,13H,2-7H2,1H3. The third-order valence-electron chi connectivity index (χ3n) is 3.24. The third-order valence-corrected chi connectivity index (χ3v) is 4.19. The Morgan fingerprint density at radius 3 is 3.30 bits per heavy atom. The number of rotatable bonds is 6. The van der Waals surface area contributed by atoms with Gasteiger partial charge in [0.2, 0.25) is 0 Å². The lowest BCUT2D eigenvalue weighted by Gasteiger charge is -2.26. The minimum atomic E-state index is 0.721. The molecule has 108 valence electrons. The van der Waals surface area contributed by atoms with Gasteiger partial charge in [-0.2, -0.15) is 0 Å². The Morgan fingerprint density at radius 2 is 2.40 bits per heavy atom. The van der Waals surface area contributed by atoms with Gasteiger partial charge in [0.15, 0.2) is 11.0 Å². The summed E-state index contributed by atoms with van der Waals surface area (Å²) in [5.41, 5.74) is 1.08. The molecule has 2 aromatic heterocycles. The van der Waals surface area contributed by atoms with Crippen molar-refractivity contribution in [2.75, 3.05) is 31.7 Å². The number of fused-ring (bicyclic) bond motifs is 1. The highest BCUT2D eigenvalue weighted by Gasteiger charge is 2.19. The van der Waals surface area contributed by atoms with Crippen molar-refractivity contribution in [2.24, 2.45) is 0 Å². The summed E-state index contributed by atoms with van der Waals surface area (Å²) in [7, 11) is 1.71. The summed E-state index contributed by atoms with van der Waals surface area (Å²) in [6.07, 6.45) is 1.79. The van der Waals surface area contributed by atoms with Crippen molar-refractivity contribution in [2.45, 2.75) is 19.6 Å². The van der Waals surface area contributed by atoms with E-state index in [1.54, 1.807) is 24.8 Å². The Hall–Kier alpha value is -1.51. The number of nitrogens with one attached hydrogen (secondary N) is 1. The number of nitrogens with zero attached hydrogens (tertiary/aromatic N) is 5. The van der Waals surface area contributed by atoms with E-state index in [0.29, 0.717) is 0 Å². The fraction of sp³-hybridized carbons (Fsp3) is 0.583. The van der Waals surface area contributed by atoms with E-state index in [2.05, 4.69) is 35.3 Å². The molecule has 0 aromatic carbocycles. The molecule has 0 amide bonds. The minimum absolute atomic E-state index is 0.721. The van der Waals surface area contributed by atoms with Gasteiger partial charge in [0, 0.05) is 38.7 Å². The molecule has 0 saturated carbocycles. The molecule has 0 bridgehead atoms. The third kappa shape index (κ3) is 2.97. The van der Waals surface area contributed by atoms with E-state index in [4.69, 9.17) is 4.74 Å². The first-order chi connectivity index (χ1) is 9.86. The maximum absolute atomic E-state index is 5.00. The number of hydrogen-bond acceptors (Lipinski definition) is 7. The van der Waals surface area contributed by atoms with Gasteiger partial charge in [-0.15, -0.1) is 21.5 Å². The Kier molecular flexibility index (Phi) is 4.24. The van der Waals surface area contributed by atoms with E-state index in [9.17, 15) is 0 Å². The van der Waals surface area contributed by atoms with Crippen LogP contribution in [0.2, 0.25) is 0 Å². The molecule has 1 aliphatic rings. The van der Waals surface area contributed by atoms with Gasteiger partial charge in [-0.3, -0.25) is 0 Å². The molecule has 7 nitrogen and oxygen atoms in total. The Labute approximate surface area is 121 Å². The van der Waals surface area contributed by atoms with Crippen LogP contribution in [0.3, 0.4) is 0 Å². The molecule has 1 aliphatic heterocycles. The van der Waals surface area contributed by atoms with Crippen molar-refractivity contribution in [3.63, 3.8) is 0 Å². The lowest BCUT2D eigenvalue weighted by atomic mass is 10.4. The second-order valence-corrected chi connectivity index (χ2v) is 5.49. The molecule has 20 heavy (non-hydrogen) atoms. The Bertz CT molecular complexity index is 554. The second-order valence-electron chi connectivity index (χ2n) is 4.65. The largest absolute Gasteiger partial charge is 0.383 e. The molecule has 8 heteroatoms. The maximum Gasteiger partial charge on any atom is 0.186 e. The Morgan fingerprint density at radius 1 is 1.45 bits per heavy atom. The number of anilines is 1. The fourth-order valence-corrected chi connectivity index (χ4v) is 3.00. The van der Waals surface area contributed by atoms with Crippen LogP contribution in [0.15, 0.2) is 11.7 Å². The van der Waals surface area contributed by atoms with E-state index in [1.165, 1.54) is 0 Å². The van der Waals surface area contributed by atoms with Crippen LogP contribution >= 0.6 is 11.3 Å². The number of aromatic nitrogens is 4. The van der Waals surface area contributed by atoms with Crippen molar-refractivity contribution in [3.8, 4) is 0 Å². The smallest absolute Gasteiger partial charge is 0.186 e. The van der Waals surface area contributed by atoms with E-state index < -0.39 is 0 Å². The van der Waals surface area contributed by atoms with E-state index >= 15 is 0 Å². The number of methoxy groups -OCH3 is 1. The van der Waals surface area contributed by atoms with Crippen LogP contribution in [0.4, 0.5) is 5.13 Å². The maximum atomic E-state index is 5.00. The van der Waals surface area contributed by atoms with Crippen LogP contribution in [0.5, 0.6) is 0 Å². The summed E-state index contributed by atoms with van der Waals surface area (Å²) < 4.78 is 7.10. The molecule has 3 rings (SSSR count). The van der Waals surface area contributed by atoms with Crippen LogP contribution in [-0.2, 0) is 24.4 Å². The van der Waals surface area contributed by atoms with Crippen molar-refractivity contribution in [1.29, 1.82) is 0 Å². The average Bonchev–Trinajstić information content (AvgIpc) is 3.11. The van der Waals surface area contributed by atoms with Gasteiger partial charge < -0.3 is 19.5 Å². The van der Waals surface area contributed by atoms with Gasteiger partial charge in [0.05, 0.1) is 18.8 Å². The zero-order valence-electron chi connectivity index (χ0n) is 11.4. The van der Waals surface area contributed by atoms with Crippen molar-refractivity contribution >= 4 is 16.5 Å². The molecule has 0 unspecified atom stereocenters. The molecule has 0 fully saturated rings. The molecule has 0 atom stereocenters. The molecule has 0 saturated heterocycles. The minimum Gasteiger partial charge on any atom is -0.383 e. The van der Waals surface area contributed by atoms with Crippen molar-refractivity contribution in [3.05, 3.63) is 23.2 Å². The van der Waals surface area contributed by atoms with E-state index in [0.717, 1.165) is 56.0 Å². The van der Waals surface area contributed by atoms with Crippen LogP contribution in [0.25, 0.3) is 0 Å². The van der Waals surface area contributed by atoms with E-state index in [-0.39, 0.29) is 0 Å². The summed E-state index contributed by atoms with van der Waals surface area (Å²) in [4.78, 5) is 6.93. The van der Waals surface area contributed by atoms with Gasteiger partial charge in [-0.25, -0.2) is 4.98 Å².